The van der Waals surface area contributed by atoms with Crippen LogP contribution in [0.5, 0.6) is 0 Å². The average molecular weight is 577 g/mol. The van der Waals surface area contributed by atoms with Crippen molar-refractivity contribution in [2.45, 2.75) is 44.6 Å². The van der Waals surface area contributed by atoms with Gasteiger partial charge in [0.15, 0.2) is 0 Å². The smallest absolute Gasteiger partial charge is 0.265 e. The highest BCUT2D eigenvalue weighted by molar-refractivity contribution is 5.95. The number of pyridine rings is 1. The van der Waals surface area contributed by atoms with E-state index >= 15 is 4.39 Å². The molecular formula is C34H33FN6O2. The van der Waals surface area contributed by atoms with Crippen LogP contribution in [0.1, 0.15) is 54.8 Å². The number of nitrogens with two attached hydrogens (primary N) is 1. The number of hydrogen-bond donors (Lipinski definition) is 3. The third kappa shape index (κ3) is 4.73. The Balaban J connectivity index is 1.21. The topological polar surface area (TPSA) is 113 Å². The van der Waals surface area contributed by atoms with Crippen LogP contribution >= 0.6 is 0 Å². The van der Waals surface area contributed by atoms with E-state index in [0.717, 1.165) is 54.9 Å². The molecule has 218 valence electrons. The third-order valence-electron chi connectivity index (χ3n) is 9.21. The number of aliphatic hydroxyl groups excluding tert-OH is 1. The number of hydrogen-bond acceptors (Lipinski definition) is 6. The zero-order chi connectivity index (χ0) is 29.2. The van der Waals surface area contributed by atoms with E-state index in [9.17, 15) is 9.90 Å². The molecule has 43 heavy (non-hydrogen) atoms. The summed E-state index contributed by atoms with van der Waals surface area (Å²) in [6.07, 6.45) is 9.68. The summed E-state index contributed by atoms with van der Waals surface area (Å²) in [6, 6.07) is 12.6. The van der Waals surface area contributed by atoms with Gasteiger partial charge in [-0.3, -0.25) is 14.3 Å². The van der Waals surface area contributed by atoms with Crippen molar-refractivity contribution in [1.82, 2.24) is 24.4 Å². The first-order valence-corrected chi connectivity index (χ1v) is 15.1. The van der Waals surface area contributed by atoms with Crippen molar-refractivity contribution in [3.8, 4) is 16.9 Å². The molecule has 0 spiro atoms. The van der Waals surface area contributed by atoms with Gasteiger partial charge in [0.2, 0.25) is 5.95 Å². The molecule has 2 fully saturated rings. The average Bonchev–Trinajstić information content (AvgIpc) is 3.95. The first-order valence-electron chi connectivity index (χ1n) is 15.1. The number of nitrogens with zero attached hydrogens (tertiary/aromatic N) is 4. The van der Waals surface area contributed by atoms with E-state index in [1.807, 2.05) is 18.2 Å². The molecular weight excluding hydrogens is 543 g/mol. The minimum atomic E-state index is -0.515. The second-order valence-corrected chi connectivity index (χ2v) is 12.3. The fraction of sp³-hybridized carbons (Fsp3) is 0.324. The second-order valence-electron chi connectivity index (χ2n) is 12.3. The summed E-state index contributed by atoms with van der Waals surface area (Å²) in [6.45, 7) is 2.78. The zero-order valence-corrected chi connectivity index (χ0v) is 23.8. The van der Waals surface area contributed by atoms with Crippen molar-refractivity contribution in [2.75, 3.05) is 25.4 Å². The molecule has 4 N–H and O–H groups in total. The maximum atomic E-state index is 15.3. The quantitative estimate of drug-likeness (QED) is 0.235. The predicted molar refractivity (Wildman–Crippen MR) is 166 cm³/mol. The summed E-state index contributed by atoms with van der Waals surface area (Å²) in [7, 11) is 0. The van der Waals surface area contributed by atoms with Crippen LogP contribution in [0.3, 0.4) is 0 Å². The highest BCUT2D eigenvalue weighted by Gasteiger charge is 2.27. The van der Waals surface area contributed by atoms with E-state index in [2.05, 4.69) is 32.0 Å². The van der Waals surface area contributed by atoms with E-state index in [1.54, 1.807) is 18.3 Å². The molecule has 2 aromatic carbocycles. The Hall–Kier alpha value is -4.34. The predicted octanol–water partition coefficient (Wildman–Crippen LogP) is 5.52. The van der Waals surface area contributed by atoms with Gasteiger partial charge in [-0.15, -0.1) is 0 Å². The number of benzene rings is 2. The van der Waals surface area contributed by atoms with Crippen LogP contribution in [-0.2, 0) is 6.61 Å². The van der Waals surface area contributed by atoms with Crippen LogP contribution in [0.15, 0.2) is 59.5 Å². The molecule has 3 aliphatic rings. The largest absolute Gasteiger partial charge is 0.392 e. The van der Waals surface area contributed by atoms with Crippen molar-refractivity contribution in [2.24, 2.45) is 5.92 Å². The van der Waals surface area contributed by atoms with Gasteiger partial charge in [-0.25, -0.2) is 9.37 Å². The second kappa shape index (κ2) is 10.1. The van der Waals surface area contributed by atoms with E-state index < -0.39 is 11.4 Å². The Labute approximate surface area is 247 Å². The number of H-pyrrole nitrogens is 1. The molecule has 0 atom stereocenters. The van der Waals surface area contributed by atoms with Gasteiger partial charge in [-0.1, -0.05) is 24.3 Å². The lowest BCUT2D eigenvalue weighted by Crippen LogP contribution is -2.30. The van der Waals surface area contributed by atoms with Gasteiger partial charge in [-0.2, -0.15) is 4.98 Å². The summed E-state index contributed by atoms with van der Waals surface area (Å²) in [5.41, 5.74) is 11.6. The SMILES string of the molecule is Nc1nc(-c2cccc(-n3ccc4cc(C5CC5)cc(F)c4c3=O)c2CO)c2cc(C3=CCN(CC4CC4)CC3)[nH]c2n1. The molecule has 0 amide bonds. The van der Waals surface area contributed by atoms with Gasteiger partial charge < -0.3 is 15.8 Å². The Morgan fingerprint density at radius 1 is 1.09 bits per heavy atom. The summed E-state index contributed by atoms with van der Waals surface area (Å²) in [5.74, 6) is 0.833. The van der Waals surface area contributed by atoms with Gasteiger partial charge in [0.05, 0.1) is 23.4 Å². The molecule has 3 aromatic heterocycles. The van der Waals surface area contributed by atoms with Crippen LogP contribution in [0.25, 0.3) is 44.3 Å². The number of fused-ring (bicyclic) bond motifs is 2. The molecule has 0 unspecified atom stereocenters. The maximum Gasteiger partial charge on any atom is 0.265 e. The van der Waals surface area contributed by atoms with Crippen LogP contribution in [-0.4, -0.2) is 49.2 Å². The molecule has 4 heterocycles. The molecule has 5 aromatic rings. The van der Waals surface area contributed by atoms with Crippen molar-refractivity contribution in [1.29, 1.82) is 0 Å². The molecule has 9 heteroatoms. The molecule has 2 saturated carbocycles. The van der Waals surface area contributed by atoms with Crippen LogP contribution < -0.4 is 11.3 Å². The number of nitrogen functional groups attached to an aromatic ring is 1. The molecule has 8 nitrogen and oxygen atoms in total. The zero-order valence-electron chi connectivity index (χ0n) is 23.8. The number of aromatic amines is 1. The van der Waals surface area contributed by atoms with Gasteiger partial charge in [0.25, 0.3) is 5.56 Å². The standard InChI is InChI=1S/C34H33FN6O2/c35-27-15-23(20-6-7-20)14-22-10-13-41(33(43)30(22)27)29-3-1-2-24(26(29)18-42)31-25-16-28(37-32(25)39-34(36)38-31)21-8-11-40(12-9-21)17-19-4-5-19/h1-3,8,10,13-16,19-20,42H,4-7,9,11-12,17-18H2,(H3,36,37,38,39). The van der Waals surface area contributed by atoms with Crippen molar-refractivity contribution >= 4 is 33.3 Å². The first kappa shape index (κ1) is 26.3. The van der Waals surface area contributed by atoms with Crippen LogP contribution in [0.4, 0.5) is 10.3 Å². The summed E-state index contributed by atoms with van der Waals surface area (Å²) in [5, 5.41) is 12.0. The van der Waals surface area contributed by atoms with Gasteiger partial charge in [-0.05, 0) is 84.7 Å². The fourth-order valence-electron chi connectivity index (χ4n) is 6.57. The van der Waals surface area contributed by atoms with Crippen molar-refractivity contribution in [3.05, 3.63) is 87.7 Å². The Morgan fingerprint density at radius 3 is 2.70 bits per heavy atom. The number of aromatic nitrogens is 4. The van der Waals surface area contributed by atoms with E-state index in [0.29, 0.717) is 39.5 Å². The first-order chi connectivity index (χ1) is 21.0. The number of halogens is 1. The number of anilines is 1. The highest BCUT2D eigenvalue weighted by atomic mass is 19.1. The molecule has 2 aliphatic carbocycles. The third-order valence-corrected chi connectivity index (χ3v) is 9.21. The van der Waals surface area contributed by atoms with Crippen LogP contribution in [0.2, 0.25) is 0 Å². The number of nitrogens with one attached hydrogen (secondary N) is 1. The number of rotatable bonds is 7. The summed E-state index contributed by atoms with van der Waals surface area (Å²) >= 11 is 0. The van der Waals surface area contributed by atoms with Crippen LogP contribution in [0, 0.1) is 11.7 Å². The lowest BCUT2D eigenvalue weighted by atomic mass is 9.99. The fourth-order valence-corrected chi connectivity index (χ4v) is 6.57. The van der Waals surface area contributed by atoms with E-state index in [-0.39, 0.29) is 17.9 Å². The molecule has 0 bridgehead atoms. The lowest BCUT2D eigenvalue weighted by molar-refractivity contribution is 0.282. The Morgan fingerprint density at radius 2 is 1.95 bits per heavy atom. The highest BCUT2D eigenvalue weighted by Crippen LogP contribution is 2.41. The lowest BCUT2D eigenvalue weighted by Gasteiger charge is -2.25. The Kier molecular flexibility index (Phi) is 6.20. The minimum absolute atomic E-state index is 0.0431. The van der Waals surface area contributed by atoms with Gasteiger partial charge in [0.1, 0.15) is 11.5 Å². The monoisotopic (exact) mass is 576 g/mol. The van der Waals surface area contributed by atoms with E-state index in [4.69, 9.17) is 5.73 Å². The molecule has 1 aliphatic heterocycles. The molecule has 0 radical (unpaired) electrons. The summed E-state index contributed by atoms with van der Waals surface area (Å²) < 4.78 is 16.7. The molecule has 8 rings (SSSR count). The minimum Gasteiger partial charge on any atom is -0.392 e. The van der Waals surface area contributed by atoms with E-state index in [1.165, 1.54) is 35.6 Å². The normalized spacial score (nSPS) is 17.6. The van der Waals surface area contributed by atoms with Gasteiger partial charge in [0, 0.05) is 48.0 Å². The van der Waals surface area contributed by atoms with Gasteiger partial charge >= 0.3 is 0 Å². The Bertz CT molecular complexity index is 2000. The van der Waals surface area contributed by atoms with Crippen molar-refractivity contribution < 1.29 is 9.50 Å². The summed E-state index contributed by atoms with van der Waals surface area (Å²) in [4.78, 5) is 28.7. The van der Waals surface area contributed by atoms with Crippen molar-refractivity contribution in [3.63, 3.8) is 0 Å². The maximum absolute atomic E-state index is 15.3. The number of aliphatic hydroxyl groups is 1. The molecule has 0 saturated heterocycles.